The van der Waals surface area contributed by atoms with Gasteiger partial charge in [0.2, 0.25) is 5.91 Å². The minimum absolute atomic E-state index is 0.0417. The molecule has 2 rings (SSSR count). The van der Waals surface area contributed by atoms with Gasteiger partial charge < -0.3 is 10.6 Å². The maximum Gasteiger partial charge on any atom is 0.236 e. The maximum atomic E-state index is 12.1. The Morgan fingerprint density at radius 3 is 2.91 bits per heavy atom. The smallest absolute Gasteiger partial charge is 0.236 e. The van der Waals surface area contributed by atoms with Crippen molar-refractivity contribution in [1.29, 1.82) is 0 Å². The SMILES string of the molecule is Cc1cnn(C[C@H](C)N[C@H](C)C(=O)NCCc2cccs2)c1. The summed E-state index contributed by atoms with van der Waals surface area (Å²) in [6.45, 7) is 7.40. The third-order valence-electron chi connectivity index (χ3n) is 3.40. The average molecular weight is 320 g/mol. The van der Waals surface area contributed by atoms with Gasteiger partial charge in [-0.15, -0.1) is 11.3 Å². The van der Waals surface area contributed by atoms with Crippen LogP contribution in [0.4, 0.5) is 0 Å². The number of nitrogens with zero attached hydrogens (tertiary/aromatic N) is 2. The molecule has 2 N–H and O–H groups in total. The minimum atomic E-state index is -0.213. The molecule has 0 aliphatic heterocycles. The highest BCUT2D eigenvalue weighted by Gasteiger charge is 2.15. The molecule has 0 aromatic carbocycles. The molecule has 0 unspecified atom stereocenters. The second-order valence-electron chi connectivity index (χ2n) is 5.65. The van der Waals surface area contributed by atoms with Crippen LogP contribution in [0.5, 0.6) is 0 Å². The van der Waals surface area contributed by atoms with Gasteiger partial charge in [-0.2, -0.15) is 5.10 Å². The summed E-state index contributed by atoms with van der Waals surface area (Å²) in [5.41, 5.74) is 1.14. The number of carbonyl (C=O) groups is 1. The Labute approximate surface area is 135 Å². The van der Waals surface area contributed by atoms with Gasteiger partial charge in [-0.25, -0.2) is 0 Å². The first-order chi connectivity index (χ1) is 10.5. The molecule has 6 heteroatoms. The highest BCUT2D eigenvalue weighted by Crippen LogP contribution is 2.08. The summed E-state index contributed by atoms with van der Waals surface area (Å²) < 4.78 is 1.90. The van der Waals surface area contributed by atoms with Crippen LogP contribution in [0.2, 0.25) is 0 Å². The molecule has 2 atom stereocenters. The average Bonchev–Trinajstić information content (AvgIpc) is 3.10. The topological polar surface area (TPSA) is 59.0 Å². The van der Waals surface area contributed by atoms with Crippen LogP contribution >= 0.6 is 11.3 Å². The summed E-state index contributed by atoms with van der Waals surface area (Å²) in [5.74, 6) is 0.0417. The van der Waals surface area contributed by atoms with E-state index in [2.05, 4.69) is 34.1 Å². The van der Waals surface area contributed by atoms with E-state index in [0.29, 0.717) is 6.54 Å². The van der Waals surface area contributed by atoms with Crippen molar-refractivity contribution in [3.05, 3.63) is 40.3 Å². The van der Waals surface area contributed by atoms with Crippen LogP contribution in [-0.2, 0) is 17.8 Å². The molecule has 0 saturated carbocycles. The number of aryl methyl sites for hydroxylation is 1. The highest BCUT2D eigenvalue weighted by molar-refractivity contribution is 7.09. The molecular weight excluding hydrogens is 296 g/mol. The summed E-state index contributed by atoms with van der Waals surface area (Å²) in [5, 5.41) is 12.6. The van der Waals surface area contributed by atoms with Crippen LogP contribution in [-0.4, -0.2) is 34.3 Å². The van der Waals surface area contributed by atoms with E-state index in [9.17, 15) is 4.79 Å². The van der Waals surface area contributed by atoms with Crippen molar-refractivity contribution in [1.82, 2.24) is 20.4 Å². The zero-order chi connectivity index (χ0) is 15.9. The van der Waals surface area contributed by atoms with Crippen LogP contribution in [0.1, 0.15) is 24.3 Å². The number of amides is 1. The number of carbonyl (C=O) groups excluding carboxylic acids is 1. The maximum absolute atomic E-state index is 12.1. The van der Waals surface area contributed by atoms with E-state index in [1.807, 2.05) is 37.0 Å². The number of aromatic nitrogens is 2. The van der Waals surface area contributed by atoms with Gasteiger partial charge in [-0.05, 0) is 44.2 Å². The van der Waals surface area contributed by atoms with Crippen LogP contribution in [0.25, 0.3) is 0 Å². The van der Waals surface area contributed by atoms with Crippen LogP contribution < -0.4 is 10.6 Å². The van der Waals surface area contributed by atoms with E-state index in [0.717, 1.165) is 18.5 Å². The first-order valence-electron chi connectivity index (χ1n) is 7.60. The van der Waals surface area contributed by atoms with Crippen LogP contribution in [0, 0.1) is 6.92 Å². The van der Waals surface area contributed by atoms with Gasteiger partial charge >= 0.3 is 0 Å². The lowest BCUT2D eigenvalue weighted by Gasteiger charge is -2.19. The van der Waals surface area contributed by atoms with Crippen molar-refractivity contribution in [3.63, 3.8) is 0 Å². The summed E-state index contributed by atoms with van der Waals surface area (Å²) in [6, 6.07) is 4.09. The number of hydrogen-bond donors (Lipinski definition) is 2. The van der Waals surface area contributed by atoms with Gasteiger partial charge in [0, 0.05) is 23.7 Å². The predicted octanol–water partition coefficient (Wildman–Crippen LogP) is 1.98. The van der Waals surface area contributed by atoms with E-state index in [1.165, 1.54) is 4.88 Å². The largest absolute Gasteiger partial charge is 0.354 e. The Kier molecular flexibility index (Phi) is 6.15. The molecule has 0 radical (unpaired) electrons. The van der Waals surface area contributed by atoms with E-state index < -0.39 is 0 Å². The lowest BCUT2D eigenvalue weighted by molar-refractivity contribution is -0.122. The Hall–Kier alpha value is -1.66. The Bertz CT molecular complexity index is 579. The predicted molar refractivity (Wildman–Crippen MR) is 90.1 cm³/mol. The lowest BCUT2D eigenvalue weighted by Crippen LogP contribution is -2.47. The fourth-order valence-electron chi connectivity index (χ4n) is 2.32. The van der Waals surface area contributed by atoms with E-state index in [-0.39, 0.29) is 18.0 Å². The Balaban J connectivity index is 1.68. The molecule has 22 heavy (non-hydrogen) atoms. The zero-order valence-electron chi connectivity index (χ0n) is 13.4. The molecule has 0 aliphatic rings. The molecule has 1 amide bonds. The van der Waals surface area contributed by atoms with Crippen molar-refractivity contribution in [3.8, 4) is 0 Å². The molecule has 120 valence electrons. The second-order valence-corrected chi connectivity index (χ2v) is 6.68. The number of nitrogens with one attached hydrogen (secondary N) is 2. The summed E-state index contributed by atoms with van der Waals surface area (Å²) in [7, 11) is 0. The summed E-state index contributed by atoms with van der Waals surface area (Å²) in [4.78, 5) is 13.4. The third-order valence-corrected chi connectivity index (χ3v) is 4.34. The van der Waals surface area contributed by atoms with Crippen molar-refractivity contribution in [2.45, 2.75) is 45.8 Å². The van der Waals surface area contributed by atoms with Gasteiger partial charge in [0.15, 0.2) is 0 Å². The van der Waals surface area contributed by atoms with Gasteiger partial charge in [-0.1, -0.05) is 6.07 Å². The normalized spacial score (nSPS) is 13.8. The van der Waals surface area contributed by atoms with E-state index in [1.54, 1.807) is 11.3 Å². The highest BCUT2D eigenvalue weighted by atomic mass is 32.1. The molecule has 0 fully saturated rings. The number of thiophene rings is 1. The van der Waals surface area contributed by atoms with Crippen LogP contribution in [0.3, 0.4) is 0 Å². The molecule has 0 bridgehead atoms. The van der Waals surface area contributed by atoms with Gasteiger partial charge in [-0.3, -0.25) is 9.48 Å². The molecule has 5 nitrogen and oxygen atoms in total. The van der Waals surface area contributed by atoms with Crippen molar-refractivity contribution in [2.24, 2.45) is 0 Å². The Morgan fingerprint density at radius 2 is 2.27 bits per heavy atom. The first-order valence-corrected chi connectivity index (χ1v) is 8.48. The summed E-state index contributed by atoms with van der Waals surface area (Å²) in [6.07, 6.45) is 4.73. The first kappa shape index (κ1) is 16.7. The number of rotatable bonds is 8. The third kappa shape index (κ3) is 5.27. The molecular formula is C16H24N4OS. The molecule has 0 saturated heterocycles. The molecule has 0 spiro atoms. The fraction of sp³-hybridized carbons (Fsp3) is 0.500. The number of hydrogen-bond acceptors (Lipinski definition) is 4. The quantitative estimate of drug-likeness (QED) is 0.782. The fourth-order valence-corrected chi connectivity index (χ4v) is 3.03. The van der Waals surface area contributed by atoms with Gasteiger partial charge in [0.25, 0.3) is 0 Å². The minimum Gasteiger partial charge on any atom is -0.354 e. The summed E-state index contributed by atoms with van der Waals surface area (Å²) >= 11 is 1.72. The van der Waals surface area contributed by atoms with Gasteiger partial charge in [0.05, 0.1) is 18.8 Å². The Morgan fingerprint density at radius 1 is 1.45 bits per heavy atom. The molecule has 0 aliphatic carbocycles. The van der Waals surface area contributed by atoms with E-state index >= 15 is 0 Å². The van der Waals surface area contributed by atoms with Crippen LogP contribution in [0.15, 0.2) is 29.9 Å². The zero-order valence-corrected chi connectivity index (χ0v) is 14.2. The van der Waals surface area contributed by atoms with Crippen molar-refractivity contribution < 1.29 is 4.79 Å². The monoisotopic (exact) mass is 320 g/mol. The molecule has 2 heterocycles. The molecule has 2 aromatic rings. The van der Waals surface area contributed by atoms with Crippen molar-refractivity contribution >= 4 is 17.2 Å². The second kappa shape index (κ2) is 8.10. The van der Waals surface area contributed by atoms with Gasteiger partial charge in [0.1, 0.15) is 0 Å². The standard InChI is InChI=1S/C16H24N4OS/c1-12-9-18-20(10-12)11-13(2)19-14(3)16(21)17-7-6-15-5-4-8-22-15/h4-5,8-10,13-14,19H,6-7,11H2,1-3H3,(H,17,21)/t13-,14+/m0/s1. The van der Waals surface area contributed by atoms with Crippen molar-refractivity contribution in [2.75, 3.05) is 6.54 Å². The lowest BCUT2D eigenvalue weighted by atomic mass is 10.2. The van der Waals surface area contributed by atoms with E-state index in [4.69, 9.17) is 0 Å². The molecule has 2 aromatic heterocycles.